The molecule has 0 aliphatic heterocycles. The number of rotatable bonds is 6. The second kappa shape index (κ2) is 8.64. The summed E-state index contributed by atoms with van der Waals surface area (Å²) in [5.41, 5.74) is 0.696. The lowest BCUT2D eigenvalue weighted by atomic mass is 9.97. The zero-order chi connectivity index (χ0) is 20.9. The smallest absolute Gasteiger partial charge is 0.416 e. The van der Waals surface area contributed by atoms with Gasteiger partial charge in [0, 0.05) is 17.8 Å². The number of carbonyl (C=O) groups excluding carboxylic acids is 1. The van der Waals surface area contributed by atoms with Gasteiger partial charge in [0.15, 0.2) is 6.61 Å². The maximum atomic E-state index is 13.1. The van der Waals surface area contributed by atoms with E-state index in [0.29, 0.717) is 23.4 Å². The molecule has 0 atom stereocenters. The fourth-order valence-corrected chi connectivity index (χ4v) is 2.56. The second-order valence-electron chi connectivity index (χ2n) is 5.91. The van der Waals surface area contributed by atoms with Crippen LogP contribution in [0.2, 0.25) is 0 Å². The number of hydrogen-bond donors (Lipinski definition) is 3. The minimum atomic E-state index is -4.56. The summed E-state index contributed by atoms with van der Waals surface area (Å²) in [5, 5.41) is 14.0. The Bertz CT molecular complexity index is 882. The number of benzene rings is 2. The van der Waals surface area contributed by atoms with Crippen LogP contribution in [0.25, 0.3) is 11.1 Å². The van der Waals surface area contributed by atoms with Crippen LogP contribution in [0, 0.1) is 6.92 Å². The molecule has 28 heavy (non-hydrogen) atoms. The van der Waals surface area contributed by atoms with Crippen LogP contribution in [-0.4, -0.2) is 30.3 Å². The van der Waals surface area contributed by atoms with Crippen molar-refractivity contribution in [2.75, 3.05) is 18.5 Å². The Morgan fingerprint density at radius 1 is 1.11 bits per heavy atom. The van der Waals surface area contributed by atoms with E-state index in [9.17, 15) is 22.8 Å². The first-order chi connectivity index (χ1) is 13.1. The van der Waals surface area contributed by atoms with E-state index in [4.69, 9.17) is 9.84 Å². The summed E-state index contributed by atoms with van der Waals surface area (Å²) in [4.78, 5) is 22.4. The molecule has 0 aromatic heterocycles. The highest BCUT2D eigenvalue weighted by Crippen LogP contribution is 2.39. The second-order valence-corrected chi connectivity index (χ2v) is 5.91. The molecule has 0 bridgehead atoms. The van der Waals surface area contributed by atoms with Gasteiger partial charge in [0.1, 0.15) is 5.75 Å². The van der Waals surface area contributed by atoms with E-state index in [0.717, 1.165) is 18.2 Å². The number of urea groups is 1. The average molecular weight is 396 g/mol. The van der Waals surface area contributed by atoms with Gasteiger partial charge in [0.2, 0.25) is 0 Å². The highest BCUT2D eigenvalue weighted by Gasteiger charge is 2.31. The lowest BCUT2D eigenvalue weighted by Gasteiger charge is -2.16. The molecule has 0 radical (unpaired) electrons. The average Bonchev–Trinajstić information content (AvgIpc) is 2.59. The Hall–Kier alpha value is -3.23. The number of aryl methyl sites for hydroxylation is 1. The molecule has 0 fully saturated rings. The molecule has 2 aromatic carbocycles. The molecule has 0 heterocycles. The van der Waals surface area contributed by atoms with Gasteiger partial charge in [-0.25, -0.2) is 9.59 Å². The molecule has 6 nitrogen and oxygen atoms in total. The third-order valence-corrected chi connectivity index (χ3v) is 3.77. The van der Waals surface area contributed by atoms with E-state index < -0.39 is 30.3 Å². The highest BCUT2D eigenvalue weighted by molar-refractivity contribution is 5.90. The molecule has 0 saturated heterocycles. The molecule has 150 valence electrons. The summed E-state index contributed by atoms with van der Waals surface area (Å²) in [7, 11) is 0. The number of carbonyl (C=O) groups is 2. The summed E-state index contributed by atoms with van der Waals surface area (Å²) < 4.78 is 44.5. The number of carboxylic acid groups (broad SMARTS) is 1. The van der Waals surface area contributed by atoms with Crippen molar-refractivity contribution in [2.24, 2.45) is 0 Å². The number of anilines is 1. The molecule has 9 heteroatoms. The van der Waals surface area contributed by atoms with Gasteiger partial charge in [-0.3, -0.25) is 0 Å². The van der Waals surface area contributed by atoms with E-state index >= 15 is 0 Å². The number of ether oxygens (including phenoxy) is 1. The third-order valence-electron chi connectivity index (χ3n) is 3.77. The van der Waals surface area contributed by atoms with Crippen molar-refractivity contribution < 1.29 is 32.6 Å². The first-order valence-corrected chi connectivity index (χ1v) is 8.33. The Labute approximate surface area is 159 Å². The van der Waals surface area contributed by atoms with Gasteiger partial charge in [-0.15, -0.1) is 0 Å². The molecule has 0 aliphatic rings. The van der Waals surface area contributed by atoms with Crippen LogP contribution in [0.3, 0.4) is 0 Å². The van der Waals surface area contributed by atoms with Gasteiger partial charge < -0.3 is 20.5 Å². The standard InChI is InChI=1S/C19H19F3N2O4/c1-3-23-18(27)24-13-5-6-14(11(2)8-13)15-9-12(19(20,21)22)4-7-16(15)28-10-17(25)26/h4-9H,3,10H2,1-2H3,(H,25,26)(H2,23,24,27). The van der Waals surface area contributed by atoms with Crippen LogP contribution in [0.1, 0.15) is 18.1 Å². The predicted octanol–water partition coefficient (Wildman–Crippen LogP) is 4.29. The van der Waals surface area contributed by atoms with Gasteiger partial charge >= 0.3 is 18.2 Å². The van der Waals surface area contributed by atoms with Crippen molar-refractivity contribution in [2.45, 2.75) is 20.0 Å². The quantitative estimate of drug-likeness (QED) is 0.680. The zero-order valence-electron chi connectivity index (χ0n) is 15.2. The lowest BCUT2D eigenvalue weighted by molar-refractivity contribution is -0.140. The van der Waals surface area contributed by atoms with Crippen molar-refractivity contribution in [3.05, 3.63) is 47.5 Å². The Balaban J connectivity index is 2.45. The van der Waals surface area contributed by atoms with Gasteiger partial charge in [0.05, 0.1) is 5.56 Å². The molecule has 2 amide bonds. The minimum Gasteiger partial charge on any atom is -0.481 e. The highest BCUT2D eigenvalue weighted by atomic mass is 19.4. The first-order valence-electron chi connectivity index (χ1n) is 8.33. The largest absolute Gasteiger partial charge is 0.481 e. The van der Waals surface area contributed by atoms with Gasteiger partial charge in [-0.1, -0.05) is 6.07 Å². The summed E-state index contributed by atoms with van der Waals surface area (Å²) in [6.45, 7) is 3.19. The van der Waals surface area contributed by atoms with E-state index in [1.807, 2.05) is 0 Å². The molecule has 2 aromatic rings. The van der Waals surface area contributed by atoms with Crippen LogP contribution in [0.15, 0.2) is 36.4 Å². The maximum Gasteiger partial charge on any atom is 0.416 e. The molecule has 2 rings (SSSR count). The summed E-state index contributed by atoms with van der Waals surface area (Å²) in [6, 6.07) is 7.13. The third kappa shape index (κ3) is 5.38. The molecule has 0 saturated carbocycles. The van der Waals surface area contributed by atoms with Crippen molar-refractivity contribution in [1.29, 1.82) is 0 Å². The predicted molar refractivity (Wildman–Crippen MR) is 97.4 cm³/mol. The molecule has 3 N–H and O–H groups in total. The topological polar surface area (TPSA) is 87.7 Å². The molecular formula is C19H19F3N2O4. The molecular weight excluding hydrogens is 377 g/mol. The van der Waals surface area contributed by atoms with E-state index in [2.05, 4.69) is 10.6 Å². The van der Waals surface area contributed by atoms with Crippen LogP contribution in [-0.2, 0) is 11.0 Å². The van der Waals surface area contributed by atoms with E-state index in [1.165, 1.54) is 0 Å². The fraction of sp³-hybridized carbons (Fsp3) is 0.263. The summed E-state index contributed by atoms with van der Waals surface area (Å²) in [5.74, 6) is -1.23. The van der Waals surface area contributed by atoms with Gasteiger partial charge in [-0.2, -0.15) is 13.2 Å². The number of halogens is 3. The number of carboxylic acids is 1. The molecule has 0 spiro atoms. The first kappa shape index (κ1) is 21.1. The monoisotopic (exact) mass is 396 g/mol. The number of amides is 2. The lowest BCUT2D eigenvalue weighted by Crippen LogP contribution is -2.28. The van der Waals surface area contributed by atoms with Gasteiger partial charge in [0.25, 0.3) is 0 Å². The molecule has 0 unspecified atom stereocenters. The van der Waals surface area contributed by atoms with E-state index in [-0.39, 0.29) is 11.3 Å². The Morgan fingerprint density at radius 3 is 2.39 bits per heavy atom. The number of alkyl halides is 3. The summed E-state index contributed by atoms with van der Waals surface area (Å²) in [6.07, 6.45) is -4.56. The minimum absolute atomic E-state index is 0.0166. The van der Waals surface area contributed by atoms with Crippen LogP contribution >= 0.6 is 0 Å². The van der Waals surface area contributed by atoms with Crippen LogP contribution in [0.4, 0.5) is 23.7 Å². The number of hydrogen-bond acceptors (Lipinski definition) is 3. The Kier molecular flexibility index (Phi) is 6.50. The van der Waals surface area contributed by atoms with Crippen molar-refractivity contribution in [1.82, 2.24) is 5.32 Å². The maximum absolute atomic E-state index is 13.1. The van der Waals surface area contributed by atoms with Gasteiger partial charge in [-0.05, 0) is 55.3 Å². The summed E-state index contributed by atoms with van der Waals surface area (Å²) >= 11 is 0. The normalized spacial score (nSPS) is 11.0. The SMILES string of the molecule is CCNC(=O)Nc1ccc(-c2cc(C(F)(F)F)ccc2OCC(=O)O)c(C)c1. The van der Waals surface area contributed by atoms with Crippen LogP contribution < -0.4 is 15.4 Å². The fourth-order valence-electron chi connectivity index (χ4n) is 2.56. The van der Waals surface area contributed by atoms with E-state index in [1.54, 1.807) is 32.0 Å². The van der Waals surface area contributed by atoms with Crippen LogP contribution in [0.5, 0.6) is 5.75 Å². The Morgan fingerprint density at radius 2 is 1.82 bits per heavy atom. The van der Waals surface area contributed by atoms with Crippen molar-refractivity contribution in [3.63, 3.8) is 0 Å². The number of nitrogens with one attached hydrogen (secondary N) is 2. The molecule has 0 aliphatic carbocycles. The van der Waals surface area contributed by atoms with Crippen molar-refractivity contribution >= 4 is 17.7 Å². The zero-order valence-corrected chi connectivity index (χ0v) is 15.2. The van der Waals surface area contributed by atoms with Crippen molar-refractivity contribution in [3.8, 4) is 16.9 Å². The number of aliphatic carboxylic acids is 1.